The standard InChI is InChI=1S/C22H27N3O4S2/c1-2-23-21(26)18-6-4-10-24(14-18)22(27)16-5-3-7-19(13-16)31(28,29)25-11-8-20-17(15-25)9-12-30-20/h3,5,7,9,12-13,18H,2,4,6,8,10-11,14-15H2,1H3,(H,23,26). The van der Waals surface area contributed by atoms with Crippen molar-refractivity contribution in [2.24, 2.45) is 5.92 Å². The number of hydrogen-bond acceptors (Lipinski definition) is 5. The molecule has 0 saturated carbocycles. The van der Waals surface area contributed by atoms with Gasteiger partial charge in [0.2, 0.25) is 15.9 Å². The number of piperidine rings is 1. The third kappa shape index (κ3) is 4.53. The topological polar surface area (TPSA) is 86.8 Å². The first-order valence-corrected chi connectivity index (χ1v) is 12.9. The predicted octanol–water partition coefficient (Wildman–Crippen LogP) is 2.48. The van der Waals surface area contributed by atoms with E-state index < -0.39 is 10.0 Å². The van der Waals surface area contributed by atoms with Crippen molar-refractivity contribution < 1.29 is 18.0 Å². The fraction of sp³-hybridized carbons (Fsp3) is 0.455. The summed E-state index contributed by atoms with van der Waals surface area (Å²) in [6, 6.07) is 8.25. The highest BCUT2D eigenvalue weighted by atomic mass is 32.2. The summed E-state index contributed by atoms with van der Waals surface area (Å²) < 4.78 is 28.0. The minimum atomic E-state index is -3.70. The zero-order valence-electron chi connectivity index (χ0n) is 17.5. The van der Waals surface area contributed by atoms with Crippen molar-refractivity contribution in [2.75, 3.05) is 26.2 Å². The zero-order valence-corrected chi connectivity index (χ0v) is 19.2. The Morgan fingerprint density at radius 1 is 1.23 bits per heavy atom. The van der Waals surface area contributed by atoms with Gasteiger partial charge in [-0.15, -0.1) is 11.3 Å². The summed E-state index contributed by atoms with van der Waals surface area (Å²) in [6.45, 7) is 4.16. The van der Waals surface area contributed by atoms with Crippen molar-refractivity contribution in [1.82, 2.24) is 14.5 Å². The number of sulfonamides is 1. The van der Waals surface area contributed by atoms with Crippen molar-refractivity contribution in [3.63, 3.8) is 0 Å². The number of likely N-dealkylation sites (tertiary alicyclic amines) is 1. The van der Waals surface area contributed by atoms with E-state index in [0.29, 0.717) is 44.7 Å². The lowest BCUT2D eigenvalue weighted by Gasteiger charge is -2.32. The van der Waals surface area contributed by atoms with E-state index in [2.05, 4.69) is 5.32 Å². The molecule has 2 aliphatic rings. The molecule has 31 heavy (non-hydrogen) atoms. The van der Waals surface area contributed by atoms with Gasteiger partial charge < -0.3 is 10.2 Å². The van der Waals surface area contributed by atoms with Gasteiger partial charge in [0, 0.05) is 43.2 Å². The maximum atomic E-state index is 13.2. The van der Waals surface area contributed by atoms with Gasteiger partial charge in [-0.05, 0) is 61.4 Å². The zero-order chi connectivity index (χ0) is 22.0. The van der Waals surface area contributed by atoms with Crippen molar-refractivity contribution in [1.29, 1.82) is 0 Å². The molecule has 1 aromatic heterocycles. The first-order valence-electron chi connectivity index (χ1n) is 10.6. The number of nitrogens with zero attached hydrogens (tertiary/aromatic N) is 2. The van der Waals surface area contributed by atoms with Gasteiger partial charge in [0.05, 0.1) is 10.8 Å². The minimum Gasteiger partial charge on any atom is -0.356 e. The van der Waals surface area contributed by atoms with Gasteiger partial charge >= 0.3 is 0 Å². The average Bonchev–Trinajstić information content (AvgIpc) is 3.27. The van der Waals surface area contributed by atoms with Crippen LogP contribution in [0.25, 0.3) is 0 Å². The molecule has 3 heterocycles. The molecule has 7 nitrogen and oxygen atoms in total. The van der Waals surface area contributed by atoms with Gasteiger partial charge in [0.1, 0.15) is 0 Å². The number of benzene rings is 1. The largest absolute Gasteiger partial charge is 0.356 e. The number of rotatable bonds is 5. The Bertz CT molecular complexity index is 1080. The van der Waals surface area contributed by atoms with Crippen molar-refractivity contribution in [3.05, 3.63) is 51.7 Å². The molecule has 1 N–H and O–H groups in total. The van der Waals surface area contributed by atoms with Crippen molar-refractivity contribution in [2.45, 2.75) is 37.6 Å². The molecule has 1 saturated heterocycles. The number of thiophene rings is 1. The highest BCUT2D eigenvalue weighted by Gasteiger charge is 2.31. The van der Waals surface area contributed by atoms with Gasteiger partial charge in [0.25, 0.3) is 5.91 Å². The van der Waals surface area contributed by atoms with Crippen LogP contribution in [0.5, 0.6) is 0 Å². The van der Waals surface area contributed by atoms with Crippen LogP contribution in [0, 0.1) is 5.92 Å². The normalized spacial score (nSPS) is 19.6. The Hall–Kier alpha value is -2.23. The summed E-state index contributed by atoms with van der Waals surface area (Å²) >= 11 is 1.66. The van der Waals surface area contributed by atoms with E-state index in [4.69, 9.17) is 0 Å². The lowest BCUT2D eigenvalue weighted by Crippen LogP contribution is -2.45. The first kappa shape index (κ1) is 22.0. The van der Waals surface area contributed by atoms with Gasteiger partial charge in [-0.2, -0.15) is 4.31 Å². The molecule has 0 bridgehead atoms. The summed E-state index contributed by atoms with van der Waals surface area (Å²) in [5.41, 5.74) is 1.39. The third-order valence-electron chi connectivity index (χ3n) is 5.92. The second kappa shape index (κ2) is 9.10. The molecule has 1 unspecified atom stereocenters. The molecule has 9 heteroatoms. The number of carbonyl (C=O) groups is 2. The molecular weight excluding hydrogens is 434 g/mol. The molecule has 0 spiro atoms. The Kier molecular flexibility index (Phi) is 6.45. The summed E-state index contributed by atoms with van der Waals surface area (Å²) in [5.74, 6) is -0.489. The molecule has 0 radical (unpaired) electrons. The first-order chi connectivity index (χ1) is 14.9. The predicted molar refractivity (Wildman–Crippen MR) is 119 cm³/mol. The van der Waals surface area contributed by atoms with E-state index in [0.717, 1.165) is 18.4 Å². The molecule has 2 aromatic rings. The summed E-state index contributed by atoms with van der Waals surface area (Å²) in [4.78, 5) is 28.3. The number of nitrogens with one attached hydrogen (secondary N) is 1. The van der Waals surface area contributed by atoms with Gasteiger partial charge in [0.15, 0.2) is 0 Å². The Morgan fingerprint density at radius 2 is 2.06 bits per heavy atom. The van der Waals surface area contributed by atoms with Crippen LogP contribution in [-0.4, -0.2) is 55.6 Å². The van der Waals surface area contributed by atoms with Crippen LogP contribution >= 0.6 is 11.3 Å². The van der Waals surface area contributed by atoms with Crippen LogP contribution in [-0.2, 0) is 27.8 Å². The van der Waals surface area contributed by atoms with Crippen LogP contribution in [0.1, 0.15) is 40.6 Å². The fourth-order valence-electron chi connectivity index (χ4n) is 4.24. The Morgan fingerprint density at radius 3 is 2.87 bits per heavy atom. The van der Waals surface area contributed by atoms with E-state index in [1.54, 1.807) is 34.4 Å². The average molecular weight is 462 g/mol. The quantitative estimate of drug-likeness (QED) is 0.741. The molecule has 2 amide bonds. The maximum Gasteiger partial charge on any atom is 0.253 e. The fourth-order valence-corrected chi connectivity index (χ4v) is 6.60. The third-order valence-corrected chi connectivity index (χ3v) is 8.79. The van der Waals surface area contributed by atoms with Gasteiger partial charge in [-0.3, -0.25) is 9.59 Å². The van der Waals surface area contributed by atoms with Gasteiger partial charge in [-0.25, -0.2) is 8.42 Å². The highest BCUT2D eigenvalue weighted by Crippen LogP contribution is 2.29. The second-order valence-corrected chi connectivity index (χ2v) is 10.9. The van der Waals surface area contributed by atoms with Gasteiger partial charge in [-0.1, -0.05) is 6.07 Å². The maximum absolute atomic E-state index is 13.2. The Balaban J connectivity index is 1.51. The highest BCUT2D eigenvalue weighted by molar-refractivity contribution is 7.89. The van der Waals surface area contributed by atoms with Crippen LogP contribution in [0.2, 0.25) is 0 Å². The number of fused-ring (bicyclic) bond motifs is 1. The summed E-state index contributed by atoms with van der Waals surface area (Å²) in [5, 5.41) is 4.82. The molecule has 1 aromatic carbocycles. The Labute approximate surface area is 187 Å². The lowest BCUT2D eigenvalue weighted by atomic mass is 9.96. The van der Waals surface area contributed by atoms with Crippen LogP contribution < -0.4 is 5.32 Å². The van der Waals surface area contributed by atoms with E-state index in [1.807, 2.05) is 18.4 Å². The molecule has 1 atom stereocenters. The van der Waals surface area contributed by atoms with Crippen LogP contribution in [0.3, 0.4) is 0 Å². The van der Waals surface area contributed by atoms with Crippen LogP contribution in [0.4, 0.5) is 0 Å². The second-order valence-electron chi connectivity index (χ2n) is 7.97. The van der Waals surface area contributed by atoms with Crippen LogP contribution in [0.15, 0.2) is 40.6 Å². The molecule has 4 rings (SSSR count). The molecule has 0 aliphatic carbocycles. The molecule has 2 aliphatic heterocycles. The number of hydrogen-bond donors (Lipinski definition) is 1. The van der Waals surface area contributed by atoms with E-state index >= 15 is 0 Å². The van der Waals surface area contributed by atoms with E-state index in [1.165, 1.54) is 15.2 Å². The van der Waals surface area contributed by atoms with Crippen molar-refractivity contribution >= 4 is 33.2 Å². The minimum absolute atomic E-state index is 0.0331. The number of carbonyl (C=O) groups excluding carboxylic acids is 2. The van der Waals surface area contributed by atoms with E-state index in [9.17, 15) is 18.0 Å². The smallest absolute Gasteiger partial charge is 0.253 e. The summed E-state index contributed by atoms with van der Waals surface area (Å²) in [7, 11) is -3.70. The lowest BCUT2D eigenvalue weighted by molar-refractivity contribution is -0.126. The molecule has 166 valence electrons. The van der Waals surface area contributed by atoms with Crippen molar-refractivity contribution in [3.8, 4) is 0 Å². The SMILES string of the molecule is CCNC(=O)C1CCCN(C(=O)c2cccc(S(=O)(=O)N3CCc4sccc4C3)c2)C1. The number of amides is 2. The molecule has 1 fully saturated rings. The summed E-state index contributed by atoms with van der Waals surface area (Å²) in [6.07, 6.45) is 2.21. The molecular formula is C22H27N3O4S2. The monoisotopic (exact) mass is 461 g/mol. The van der Waals surface area contributed by atoms with E-state index in [-0.39, 0.29) is 22.6 Å².